The largest absolute Gasteiger partial charge is 0.320 e. The van der Waals surface area contributed by atoms with Crippen molar-refractivity contribution in [1.82, 2.24) is 5.32 Å². The van der Waals surface area contributed by atoms with Gasteiger partial charge >= 0.3 is 0 Å². The molecular formula is C12H27N. The molecule has 0 atom stereocenters. The molecule has 0 spiro atoms. The highest BCUT2D eigenvalue weighted by atomic mass is 14.8. The molecule has 0 aromatic rings. The summed E-state index contributed by atoms with van der Waals surface area (Å²) in [5.41, 5.74) is 0.893. The fourth-order valence-electron chi connectivity index (χ4n) is 1.74. The molecule has 0 rings (SSSR count). The summed E-state index contributed by atoms with van der Waals surface area (Å²) in [4.78, 5) is 0. The Balaban J connectivity index is 4.22. The van der Waals surface area contributed by atoms with Crippen LogP contribution in [0.5, 0.6) is 0 Å². The Bertz CT molecular complexity index is 136. The summed E-state index contributed by atoms with van der Waals surface area (Å²) in [5, 5.41) is 3.24. The van der Waals surface area contributed by atoms with Gasteiger partial charge in [0.25, 0.3) is 0 Å². The minimum atomic E-state index is 0.437. The average Bonchev–Trinajstić information content (AvgIpc) is 2.00. The second-order valence-corrected chi connectivity index (χ2v) is 5.37. The van der Waals surface area contributed by atoms with Gasteiger partial charge in [0.2, 0.25) is 0 Å². The molecule has 13 heavy (non-hydrogen) atoms. The fraction of sp³-hybridized carbons (Fsp3) is 1.00. The third-order valence-electron chi connectivity index (χ3n) is 3.71. The smallest absolute Gasteiger partial charge is 0.00466 e. The molecule has 0 heterocycles. The van der Waals surface area contributed by atoms with Gasteiger partial charge in [0.1, 0.15) is 0 Å². The van der Waals surface area contributed by atoms with Crippen LogP contribution in [-0.2, 0) is 0 Å². The van der Waals surface area contributed by atoms with Gasteiger partial charge in [-0.05, 0) is 37.3 Å². The highest BCUT2D eigenvalue weighted by molar-refractivity contribution is 4.85. The van der Waals surface area contributed by atoms with Crippen molar-refractivity contribution in [3.63, 3.8) is 0 Å². The topological polar surface area (TPSA) is 12.0 Å². The van der Waals surface area contributed by atoms with Crippen LogP contribution in [0.1, 0.15) is 53.9 Å². The molecule has 0 fully saturated rings. The summed E-state index contributed by atoms with van der Waals surface area (Å²) in [5.74, 6) is 0. The summed E-state index contributed by atoms with van der Waals surface area (Å²) in [6.07, 6.45) is 3.87. The van der Waals surface area contributed by atoms with Crippen LogP contribution in [-0.4, -0.2) is 13.6 Å². The van der Waals surface area contributed by atoms with Gasteiger partial charge in [0.05, 0.1) is 0 Å². The van der Waals surface area contributed by atoms with Crippen molar-refractivity contribution in [2.45, 2.75) is 53.9 Å². The first-order chi connectivity index (χ1) is 5.87. The predicted molar refractivity (Wildman–Crippen MR) is 61.0 cm³/mol. The second-order valence-electron chi connectivity index (χ2n) is 5.37. The quantitative estimate of drug-likeness (QED) is 0.668. The van der Waals surface area contributed by atoms with E-state index in [0.717, 1.165) is 6.54 Å². The lowest BCUT2D eigenvalue weighted by molar-refractivity contribution is 0.0878. The Labute approximate surface area is 84.3 Å². The maximum Gasteiger partial charge on any atom is -0.00466 e. The molecule has 0 bridgehead atoms. The Morgan fingerprint density at radius 3 is 1.77 bits per heavy atom. The minimum Gasteiger partial charge on any atom is -0.320 e. The van der Waals surface area contributed by atoms with Crippen molar-refractivity contribution in [1.29, 1.82) is 0 Å². The maximum atomic E-state index is 3.24. The van der Waals surface area contributed by atoms with E-state index in [0.29, 0.717) is 10.8 Å². The van der Waals surface area contributed by atoms with Crippen molar-refractivity contribution in [3.05, 3.63) is 0 Å². The summed E-state index contributed by atoms with van der Waals surface area (Å²) in [6.45, 7) is 13.0. The van der Waals surface area contributed by atoms with Gasteiger partial charge in [-0.25, -0.2) is 0 Å². The first kappa shape index (κ1) is 13.0. The van der Waals surface area contributed by atoms with Crippen LogP contribution in [0.2, 0.25) is 0 Å². The molecule has 1 N–H and O–H groups in total. The van der Waals surface area contributed by atoms with E-state index in [9.17, 15) is 0 Å². The van der Waals surface area contributed by atoms with Gasteiger partial charge in [-0.1, -0.05) is 41.0 Å². The average molecular weight is 185 g/mol. The molecule has 1 heteroatoms. The van der Waals surface area contributed by atoms with Crippen molar-refractivity contribution in [3.8, 4) is 0 Å². The van der Waals surface area contributed by atoms with Crippen molar-refractivity contribution in [2.24, 2.45) is 10.8 Å². The number of hydrogen-bond acceptors (Lipinski definition) is 1. The Morgan fingerprint density at radius 1 is 0.923 bits per heavy atom. The molecule has 80 valence electrons. The summed E-state index contributed by atoms with van der Waals surface area (Å²) >= 11 is 0. The summed E-state index contributed by atoms with van der Waals surface area (Å²) < 4.78 is 0. The second kappa shape index (κ2) is 4.99. The van der Waals surface area contributed by atoms with Crippen LogP contribution in [0.25, 0.3) is 0 Å². The number of hydrogen-bond donors (Lipinski definition) is 1. The lowest BCUT2D eigenvalue weighted by Crippen LogP contribution is -2.34. The molecule has 0 amide bonds. The summed E-state index contributed by atoms with van der Waals surface area (Å²) in [7, 11) is 2.03. The van der Waals surface area contributed by atoms with E-state index in [1.165, 1.54) is 19.3 Å². The zero-order valence-corrected chi connectivity index (χ0v) is 10.3. The molecule has 0 radical (unpaired) electrons. The van der Waals surface area contributed by atoms with E-state index in [1.54, 1.807) is 0 Å². The molecule has 0 aromatic carbocycles. The molecule has 0 saturated carbocycles. The molecule has 0 aliphatic carbocycles. The molecule has 0 aliphatic heterocycles. The molecule has 0 aromatic heterocycles. The number of nitrogens with one attached hydrogen (secondary N) is 1. The molecule has 0 unspecified atom stereocenters. The molecule has 0 saturated heterocycles. The van der Waals surface area contributed by atoms with Crippen molar-refractivity contribution >= 4 is 0 Å². The van der Waals surface area contributed by atoms with Crippen LogP contribution in [0.15, 0.2) is 0 Å². The highest BCUT2D eigenvalue weighted by Gasteiger charge is 2.35. The normalized spacial score (nSPS) is 13.4. The van der Waals surface area contributed by atoms with E-state index in [1.807, 2.05) is 7.05 Å². The standard InChI is InChI=1S/C12H27N/c1-7-8-11(2,3)12(4,5)9-10-13-6/h13H,7-10H2,1-6H3. The predicted octanol–water partition coefficient (Wildman–Crippen LogP) is 3.45. The molecular weight excluding hydrogens is 158 g/mol. The van der Waals surface area contributed by atoms with E-state index in [2.05, 4.69) is 39.9 Å². The van der Waals surface area contributed by atoms with Crippen LogP contribution < -0.4 is 5.32 Å². The number of rotatable bonds is 6. The fourth-order valence-corrected chi connectivity index (χ4v) is 1.74. The molecule has 1 nitrogen and oxygen atoms in total. The van der Waals surface area contributed by atoms with Crippen molar-refractivity contribution < 1.29 is 0 Å². The third kappa shape index (κ3) is 3.68. The van der Waals surface area contributed by atoms with Gasteiger partial charge in [0, 0.05) is 0 Å². The highest BCUT2D eigenvalue weighted by Crippen LogP contribution is 2.44. The van der Waals surface area contributed by atoms with Gasteiger partial charge in [-0.15, -0.1) is 0 Å². The van der Waals surface area contributed by atoms with E-state index in [-0.39, 0.29) is 0 Å². The Hall–Kier alpha value is -0.0400. The Morgan fingerprint density at radius 2 is 1.38 bits per heavy atom. The van der Waals surface area contributed by atoms with Gasteiger partial charge < -0.3 is 5.32 Å². The van der Waals surface area contributed by atoms with Gasteiger partial charge in [0.15, 0.2) is 0 Å². The van der Waals surface area contributed by atoms with Crippen molar-refractivity contribution in [2.75, 3.05) is 13.6 Å². The van der Waals surface area contributed by atoms with Crippen LogP contribution in [0.4, 0.5) is 0 Å². The van der Waals surface area contributed by atoms with E-state index < -0.39 is 0 Å². The van der Waals surface area contributed by atoms with Gasteiger partial charge in [-0.2, -0.15) is 0 Å². The van der Waals surface area contributed by atoms with E-state index in [4.69, 9.17) is 0 Å². The first-order valence-corrected chi connectivity index (χ1v) is 5.52. The SMILES string of the molecule is CCCC(C)(C)C(C)(C)CCNC. The minimum absolute atomic E-state index is 0.437. The monoisotopic (exact) mass is 185 g/mol. The van der Waals surface area contributed by atoms with Gasteiger partial charge in [-0.3, -0.25) is 0 Å². The third-order valence-corrected chi connectivity index (χ3v) is 3.71. The lowest BCUT2D eigenvalue weighted by Gasteiger charge is -2.42. The lowest BCUT2D eigenvalue weighted by atomic mass is 9.64. The van der Waals surface area contributed by atoms with Crippen LogP contribution in [0, 0.1) is 10.8 Å². The maximum absolute atomic E-state index is 3.24. The summed E-state index contributed by atoms with van der Waals surface area (Å²) in [6, 6.07) is 0. The zero-order valence-electron chi connectivity index (χ0n) is 10.3. The van der Waals surface area contributed by atoms with Crippen LogP contribution in [0.3, 0.4) is 0 Å². The van der Waals surface area contributed by atoms with Crippen LogP contribution >= 0.6 is 0 Å². The first-order valence-electron chi connectivity index (χ1n) is 5.52. The Kier molecular flexibility index (Phi) is 4.98. The van der Waals surface area contributed by atoms with E-state index >= 15 is 0 Å². The molecule has 0 aliphatic rings. The zero-order chi connectivity index (χ0) is 10.5.